The quantitative estimate of drug-likeness (QED) is 0.579. The van der Waals surface area contributed by atoms with Crippen LogP contribution in [0.15, 0.2) is 39.6 Å². The van der Waals surface area contributed by atoms with Crippen molar-refractivity contribution in [3.05, 3.63) is 46.5 Å². The van der Waals surface area contributed by atoms with Crippen molar-refractivity contribution in [2.24, 2.45) is 5.84 Å². The van der Waals surface area contributed by atoms with Gasteiger partial charge in [-0.05, 0) is 34.5 Å². The van der Waals surface area contributed by atoms with Crippen LogP contribution in [0.2, 0.25) is 0 Å². The number of nitrogens with two attached hydrogens (primary N) is 1. The number of thiophene rings is 1. The molecule has 4 heteroatoms. The summed E-state index contributed by atoms with van der Waals surface area (Å²) in [4.78, 5) is 0. The molecule has 0 bridgehead atoms. The Balaban J connectivity index is 2.29. The average molecular weight is 194 g/mol. The molecule has 2 rings (SSSR count). The Morgan fingerprint density at radius 3 is 2.92 bits per heavy atom. The maximum absolute atomic E-state index is 5.45. The van der Waals surface area contributed by atoms with Crippen LogP contribution in [-0.4, -0.2) is 0 Å². The van der Waals surface area contributed by atoms with Crippen LogP contribution in [0.4, 0.5) is 0 Å². The van der Waals surface area contributed by atoms with Crippen molar-refractivity contribution in [3.8, 4) is 0 Å². The number of furan rings is 1. The fourth-order valence-electron chi connectivity index (χ4n) is 1.24. The number of hydrazine groups is 1. The standard InChI is InChI=1S/C9H10N2OS/c10-11-9(7-3-5-13-6-7)8-2-1-4-12-8/h1-6,9,11H,10H2. The number of rotatable bonds is 3. The molecule has 3 N–H and O–H groups in total. The summed E-state index contributed by atoms with van der Waals surface area (Å²) in [7, 11) is 0. The van der Waals surface area contributed by atoms with Crippen LogP contribution >= 0.6 is 11.3 Å². The lowest BCUT2D eigenvalue weighted by Gasteiger charge is -2.10. The Morgan fingerprint density at radius 1 is 1.46 bits per heavy atom. The Labute approximate surface area is 80.1 Å². The molecule has 0 aromatic carbocycles. The summed E-state index contributed by atoms with van der Waals surface area (Å²) in [6.45, 7) is 0. The third kappa shape index (κ3) is 1.65. The molecule has 2 aromatic rings. The van der Waals surface area contributed by atoms with Gasteiger partial charge in [0, 0.05) is 0 Å². The molecule has 0 aliphatic rings. The molecule has 2 aromatic heterocycles. The van der Waals surface area contributed by atoms with E-state index in [0.717, 1.165) is 11.3 Å². The zero-order valence-corrected chi connectivity index (χ0v) is 7.75. The minimum atomic E-state index is -0.0405. The van der Waals surface area contributed by atoms with Crippen LogP contribution in [0.5, 0.6) is 0 Å². The van der Waals surface area contributed by atoms with Gasteiger partial charge in [-0.3, -0.25) is 5.84 Å². The Kier molecular flexibility index (Phi) is 2.44. The minimum absolute atomic E-state index is 0.0405. The summed E-state index contributed by atoms with van der Waals surface area (Å²) in [6.07, 6.45) is 1.64. The smallest absolute Gasteiger partial charge is 0.126 e. The fraction of sp³-hybridized carbons (Fsp3) is 0.111. The molecule has 0 spiro atoms. The van der Waals surface area contributed by atoms with Crippen molar-refractivity contribution in [1.29, 1.82) is 0 Å². The van der Waals surface area contributed by atoms with E-state index in [1.54, 1.807) is 17.6 Å². The first-order valence-corrected chi connectivity index (χ1v) is 4.87. The Bertz CT molecular complexity index is 307. The first kappa shape index (κ1) is 8.50. The highest BCUT2D eigenvalue weighted by atomic mass is 32.1. The largest absolute Gasteiger partial charge is 0.467 e. The molecular weight excluding hydrogens is 184 g/mol. The molecule has 2 heterocycles. The molecule has 0 saturated heterocycles. The van der Waals surface area contributed by atoms with E-state index in [0.29, 0.717) is 0 Å². The third-order valence-electron chi connectivity index (χ3n) is 1.87. The lowest BCUT2D eigenvalue weighted by Crippen LogP contribution is -2.28. The van der Waals surface area contributed by atoms with Gasteiger partial charge < -0.3 is 4.42 Å². The highest BCUT2D eigenvalue weighted by Gasteiger charge is 2.14. The van der Waals surface area contributed by atoms with Crippen LogP contribution in [-0.2, 0) is 0 Å². The van der Waals surface area contributed by atoms with Crippen LogP contribution in [0, 0.1) is 0 Å². The maximum Gasteiger partial charge on any atom is 0.126 e. The van der Waals surface area contributed by atoms with E-state index < -0.39 is 0 Å². The van der Waals surface area contributed by atoms with E-state index in [2.05, 4.69) is 5.43 Å². The van der Waals surface area contributed by atoms with Crippen molar-refractivity contribution in [2.45, 2.75) is 6.04 Å². The molecule has 0 saturated carbocycles. The zero-order chi connectivity index (χ0) is 9.10. The van der Waals surface area contributed by atoms with Crippen LogP contribution in [0.1, 0.15) is 17.4 Å². The summed E-state index contributed by atoms with van der Waals surface area (Å²) in [5, 5.41) is 4.07. The molecule has 3 nitrogen and oxygen atoms in total. The monoisotopic (exact) mass is 194 g/mol. The predicted octanol–water partition coefficient (Wildman–Crippen LogP) is 1.89. The molecule has 0 aliphatic heterocycles. The van der Waals surface area contributed by atoms with Crippen molar-refractivity contribution in [1.82, 2.24) is 5.43 Å². The second kappa shape index (κ2) is 3.74. The van der Waals surface area contributed by atoms with E-state index in [1.165, 1.54) is 0 Å². The van der Waals surface area contributed by atoms with Gasteiger partial charge in [0.2, 0.25) is 0 Å². The first-order chi connectivity index (χ1) is 6.42. The Hall–Kier alpha value is -1.10. The van der Waals surface area contributed by atoms with Gasteiger partial charge in [-0.1, -0.05) is 0 Å². The number of hydrogen-bond donors (Lipinski definition) is 2. The van der Waals surface area contributed by atoms with Crippen molar-refractivity contribution in [2.75, 3.05) is 0 Å². The van der Waals surface area contributed by atoms with Crippen molar-refractivity contribution < 1.29 is 4.42 Å². The second-order valence-corrected chi connectivity index (χ2v) is 3.45. The number of hydrogen-bond acceptors (Lipinski definition) is 4. The van der Waals surface area contributed by atoms with Gasteiger partial charge in [-0.2, -0.15) is 11.3 Å². The van der Waals surface area contributed by atoms with Gasteiger partial charge in [0.15, 0.2) is 0 Å². The molecule has 0 radical (unpaired) electrons. The fourth-order valence-corrected chi connectivity index (χ4v) is 1.92. The molecular formula is C9H10N2OS. The van der Waals surface area contributed by atoms with Gasteiger partial charge in [0.25, 0.3) is 0 Å². The zero-order valence-electron chi connectivity index (χ0n) is 6.94. The summed E-state index contributed by atoms with van der Waals surface area (Å²) < 4.78 is 5.27. The van der Waals surface area contributed by atoms with E-state index in [-0.39, 0.29) is 6.04 Å². The van der Waals surface area contributed by atoms with E-state index in [9.17, 15) is 0 Å². The Morgan fingerprint density at radius 2 is 2.38 bits per heavy atom. The van der Waals surface area contributed by atoms with E-state index in [1.807, 2.05) is 29.0 Å². The molecule has 13 heavy (non-hydrogen) atoms. The lowest BCUT2D eigenvalue weighted by atomic mass is 10.1. The summed E-state index contributed by atoms with van der Waals surface area (Å²) in [6, 6.07) is 5.74. The topological polar surface area (TPSA) is 51.2 Å². The van der Waals surface area contributed by atoms with Gasteiger partial charge >= 0.3 is 0 Å². The second-order valence-electron chi connectivity index (χ2n) is 2.67. The predicted molar refractivity (Wildman–Crippen MR) is 52.2 cm³/mol. The van der Waals surface area contributed by atoms with E-state index in [4.69, 9.17) is 10.3 Å². The van der Waals surface area contributed by atoms with Crippen molar-refractivity contribution in [3.63, 3.8) is 0 Å². The van der Waals surface area contributed by atoms with E-state index >= 15 is 0 Å². The highest BCUT2D eigenvalue weighted by molar-refractivity contribution is 7.07. The third-order valence-corrected chi connectivity index (χ3v) is 2.57. The highest BCUT2D eigenvalue weighted by Crippen LogP contribution is 2.23. The average Bonchev–Trinajstić information content (AvgIpc) is 2.76. The molecule has 0 aliphatic carbocycles. The summed E-state index contributed by atoms with van der Waals surface area (Å²) in [5.74, 6) is 6.28. The van der Waals surface area contributed by atoms with Gasteiger partial charge in [0.05, 0.1) is 6.26 Å². The number of nitrogens with one attached hydrogen (secondary N) is 1. The SMILES string of the molecule is NNC(c1ccsc1)c1ccco1. The van der Waals surface area contributed by atoms with Gasteiger partial charge in [-0.15, -0.1) is 0 Å². The maximum atomic E-state index is 5.45. The van der Waals surface area contributed by atoms with Crippen LogP contribution in [0.25, 0.3) is 0 Å². The minimum Gasteiger partial charge on any atom is -0.467 e. The summed E-state index contributed by atoms with van der Waals surface area (Å²) >= 11 is 1.64. The first-order valence-electron chi connectivity index (χ1n) is 3.93. The molecule has 1 unspecified atom stereocenters. The molecule has 1 atom stereocenters. The lowest BCUT2D eigenvalue weighted by molar-refractivity contribution is 0.452. The van der Waals surface area contributed by atoms with Crippen LogP contribution < -0.4 is 11.3 Å². The normalized spacial score (nSPS) is 13.0. The summed E-state index contributed by atoms with van der Waals surface area (Å²) in [5.41, 5.74) is 3.85. The van der Waals surface area contributed by atoms with Crippen LogP contribution in [0.3, 0.4) is 0 Å². The molecule has 68 valence electrons. The molecule has 0 fully saturated rings. The molecule has 0 amide bonds. The van der Waals surface area contributed by atoms with Gasteiger partial charge in [-0.25, -0.2) is 5.43 Å². The van der Waals surface area contributed by atoms with Gasteiger partial charge in [0.1, 0.15) is 11.8 Å². The van der Waals surface area contributed by atoms with Crippen molar-refractivity contribution >= 4 is 11.3 Å².